The van der Waals surface area contributed by atoms with E-state index in [1.165, 1.54) is 0 Å². The average Bonchev–Trinajstić information content (AvgIpc) is 2.34. The summed E-state index contributed by atoms with van der Waals surface area (Å²) >= 11 is -0.0179. The topological polar surface area (TPSA) is 30.7 Å². The number of nitrogens with zero attached hydrogens (tertiary/aromatic N) is 3. The quantitative estimate of drug-likeness (QED) is 0.376. The van der Waals surface area contributed by atoms with Crippen molar-refractivity contribution < 1.29 is 21.5 Å². The molecule has 1 heterocycles. The molecule has 1 rings (SSSR count). The van der Waals surface area contributed by atoms with Gasteiger partial charge >= 0.3 is 86.3 Å². The Morgan fingerprint density at radius 2 is 2.33 bits per heavy atom. The monoisotopic (exact) mass is 298 g/mol. The summed E-state index contributed by atoms with van der Waals surface area (Å²) in [5.41, 5.74) is 0. The van der Waals surface area contributed by atoms with Crippen molar-refractivity contribution in [2.75, 3.05) is 6.26 Å². The van der Waals surface area contributed by atoms with Crippen LogP contribution in [-0.2, 0) is 0 Å². The van der Waals surface area contributed by atoms with Gasteiger partial charge in [-0.25, -0.2) is 0 Å². The van der Waals surface area contributed by atoms with Crippen LogP contribution < -0.4 is 21.5 Å². The van der Waals surface area contributed by atoms with Crippen LogP contribution in [0.1, 0.15) is 13.8 Å². The minimum absolute atomic E-state index is 0.000206. The maximum atomic E-state index is 4.06. The van der Waals surface area contributed by atoms with Gasteiger partial charge in [-0.2, -0.15) is 0 Å². The van der Waals surface area contributed by atoms with Crippen LogP contribution in [0.5, 0.6) is 0 Å². The summed E-state index contributed by atoms with van der Waals surface area (Å²) in [5, 5.41) is 9.14. The Bertz CT molecular complexity index is 282. The molecule has 0 saturated heterocycles. The SMILES string of the molecule is C=S(C)c1cn([I-]C(C)C)nn1. The first-order chi connectivity index (χ1) is 5.59. The molecule has 0 aromatic carbocycles. The fourth-order valence-corrected chi connectivity index (χ4v) is 3.06. The van der Waals surface area contributed by atoms with Crippen molar-refractivity contribution in [3.63, 3.8) is 0 Å². The minimum atomic E-state index is -0.0179. The molecule has 0 aliphatic rings. The molecule has 0 amide bonds. The van der Waals surface area contributed by atoms with Gasteiger partial charge in [-0.3, -0.25) is 0 Å². The zero-order valence-electron chi connectivity index (χ0n) is 7.49. The summed E-state index contributed by atoms with van der Waals surface area (Å²) in [4.78, 5) is 0. The molecule has 0 N–H and O–H groups in total. The van der Waals surface area contributed by atoms with Gasteiger partial charge in [-0.1, -0.05) is 0 Å². The molecule has 3 nitrogen and oxygen atoms in total. The van der Waals surface area contributed by atoms with Gasteiger partial charge in [0.1, 0.15) is 0 Å². The van der Waals surface area contributed by atoms with E-state index in [0.717, 1.165) is 8.95 Å². The van der Waals surface area contributed by atoms with E-state index < -0.39 is 0 Å². The van der Waals surface area contributed by atoms with E-state index in [-0.39, 0.29) is 32.0 Å². The number of alkyl halides is 1. The molecule has 0 saturated carbocycles. The van der Waals surface area contributed by atoms with Crippen LogP contribution in [0.4, 0.5) is 0 Å². The third-order valence-corrected chi connectivity index (χ3v) is 4.16. The Hall–Kier alpha value is 0.0900. The van der Waals surface area contributed by atoms with E-state index >= 15 is 0 Å². The van der Waals surface area contributed by atoms with E-state index in [1.807, 2.05) is 9.09 Å². The van der Waals surface area contributed by atoms with Gasteiger partial charge in [0.2, 0.25) is 0 Å². The fraction of sp³-hybridized carbons (Fsp3) is 0.571. The number of halogens is 1. The first-order valence-electron chi connectivity index (χ1n) is 3.61. The van der Waals surface area contributed by atoms with E-state index in [1.54, 1.807) is 0 Å². The molecule has 5 heteroatoms. The summed E-state index contributed by atoms with van der Waals surface area (Å²) in [7, 11) is 0.000206. The van der Waals surface area contributed by atoms with Crippen molar-refractivity contribution in [3.8, 4) is 0 Å². The second kappa shape index (κ2) is 4.36. The fourth-order valence-electron chi connectivity index (χ4n) is 0.637. The van der Waals surface area contributed by atoms with Crippen LogP contribution >= 0.6 is 10.5 Å². The number of hydrogen-bond donors (Lipinski definition) is 0. The maximum absolute atomic E-state index is 4.06. The van der Waals surface area contributed by atoms with E-state index in [4.69, 9.17) is 0 Å². The zero-order valence-corrected chi connectivity index (χ0v) is 10.5. The predicted octanol–water partition coefficient (Wildman–Crippen LogP) is -1.77. The van der Waals surface area contributed by atoms with Crippen LogP contribution in [-0.4, -0.2) is 29.3 Å². The third kappa shape index (κ3) is 2.85. The molecular formula is C7H13IN3S-. The molecule has 0 aliphatic heterocycles. The molecule has 70 valence electrons. The second-order valence-corrected chi connectivity index (χ2v) is 8.42. The van der Waals surface area contributed by atoms with Crippen molar-refractivity contribution in [2.24, 2.45) is 0 Å². The summed E-state index contributed by atoms with van der Waals surface area (Å²) < 4.78 is 2.72. The van der Waals surface area contributed by atoms with E-state index in [0.29, 0.717) is 0 Å². The Morgan fingerprint density at radius 1 is 1.67 bits per heavy atom. The van der Waals surface area contributed by atoms with Gasteiger partial charge < -0.3 is 0 Å². The summed E-state index contributed by atoms with van der Waals surface area (Å²) in [6.07, 6.45) is 4.09. The van der Waals surface area contributed by atoms with Crippen molar-refractivity contribution in [3.05, 3.63) is 6.20 Å². The van der Waals surface area contributed by atoms with Gasteiger partial charge in [0.05, 0.1) is 0 Å². The molecule has 0 fully saturated rings. The van der Waals surface area contributed by atoms with Crippen LogP contribution in [0, 0.1) is 0 Å². The number of rotatable bonds is 3. The predicted molar refractivity (Wildman–Crippen MR) is 49.5 cm³/mol. The molecule has 12 heavy (non-hydrogen) atoms. The van der Waals surface area contributed by atoms with Crippen LogP contribution in [0.2, 0.25) is 0 Å². The van der Waals surface area contributed by atoms with Gasteiger partial charge in [-0.15, -0.1) is 0 Å². The Morgan fingerprint density at radius 3 is 2.75 bits per heavy atom. The van der Waals surface area contributed by atoms with Crippen molar-refractivity contribution in [2.45, 2.75) is 22.8 Å². The van der Waals surface area contributed by atoms with E-state index in [9.17, 15) is 0 Å². The number of aromatic nitrogens is 3. The van der Waals surface area contributed by atoms with Gasteiger partial charge in [0.25, 0.3) is 0 Å². The number of hydrogen-bond acceptors (Lipinski definition) is 2. The Labute approximate surface area is 86.1 Å². The molecule has 0 bridgehead atoms. The van der Waals surface area contributed by atoms with Gasteiger partial charge in [0.15, 0.2) is 0 Å². The van der Waals surface area contributed by atoms with E-state index in [2.05, 4.69) is 36.3 Å². The summed E-state index contributed by atoms with van der Waals surface area (Å²) in [5.74, 6) is 3.93. The second-order valence-electron chi connectivity index (χ2n) is 2.69. The molecule has 1 unspecified atom stereocenters. The molecular weight excluding hydrogens is 285 g/mol. The molecule has 0 aliphatic carbocycles. The first kappa shape index (κ1) is 10.2. The zero-order chi connectivity index (χ0) is 9.14. The summed E-state index contributed by atoms with van der Waals surface area (Å²) in [6.45, 7) is 4.43. The van der Waals surface area contributed by atoms with Crippen LogP contribution in [0.3, 0.4) is 0 Å². The van der Waals surface area contributed by atoms with Crippen LogP contribution in [0.15, 0.2) is 11.2 Å². The van der Waals surface area contributed by atoms with Crippen molar-refractivity contribution in [1.29, 1.82) is 0 Å². The van der Waals surface area contributed by atoms with Crippen molar-refractivity contribution >= 4 is 16.4 Å². The van der Waals surface area contributed by atoms with Crippen LogP contribution in [0.25, 0.3) is 0 Å². The Balaban J connectivity index is 2.71. The molecule has 0 radical (unpaired) electrons. The third-order valence-electron chi connectivity index (χ3n) is 1.10. The normalized spacial score (nSPS) is 14.0. The van der Waals surface area contributed by atoms with Gasteiger partial charge in [-0.05, 0) is 0 Å². The van der Waals surface area contributed by atoms with Gasteiger partial charge in [0, 0.05) is 0 Å². The molecule has 0 spiro atoms. The molecule has 1 aromatic heterocycles. The molecule has 1 atom stereocenters. The first-order valence-corrected chi connectivity index (χ1v) is 7.63. The summed E-state index contributed by atoms with van der Waals surface area (Å²) in [6, 6.07) is 0. The standard InChI is InChI=1S/C7H13IN3S/c1-6(2)8-11-5-7(9-10-11)12(3)4/h5-6H,3H2,1-2,4H3/q-1. The van der Waals surface area contributed by atoms with Crippen molar-refractivity contribution in [1.82, 2.24) is 13.2 Å². The average molecular weight is 298 g/mol. The molecule has 1 aromatic rings. The Kier molecular flexibility index (Phi) is 3.70.